The molecule has 0 atom stereocenters. The van der Waals surface area contributed by atoms with E-state index in [4.69, 9.17) is 0 Å². The summed E-state index contributed by atoms with van der Waals surface area (Å²) in [6.45, 7) is 2.56. The van der Waals surface area contributed by atoms with Gasteiger partial charge in [-0.05, 0) is 30.7 Å². The number of amides is 1. The lowest BCUT2D eigenvalue weighted by Crippen LogP contribution is -2.27. The van der Waals surface area contributed by atoms with Crippen LogP contribution in [-0.2, 0) is 11.3 Å². The molecule has 0 spiro atoms. The lowest BCUT2D eigenvalue weighted by molar-refractivity contribution is -0.127. The van der Waals surface area contributed by atoms with Gasteiger partial charge in [0.25, 0.3) is 0 Å². The predicted molar refractivity (Wildman–Crippen MR) is 97.5 cm³/mol. The van der Waals surface area contributed by atoms with Gasteiger partial charge in [0.05, 0.1) is 17.6 Å². The smallest absolute Gasteiger partial charge is 0.233 e. The van der Waals surface area contributed by atoms with Crippen LogP contribution in [0, 0.1) is 6.92 Å². The van der Waals surface area contributed by atoms with Crippen LogP contribution in [0.15, 0.2) is 60.3 Å². The number of rotatable bonds is 6. The first-order chi connectivity index (χ1) is 12.1. The number of carbonyl (C=O) groups excluding carboxylic acids is 1. The minimum atomic E-state index is 0.0285. The Morgan fingerprint density at radius 2 is 2.04 bits per heavy atom. The Balaban J connectivity index is 1.57. The predicted octanol–water partition coefficient (Wildman–Crippen LogP) is 2.72. The van der Waals surface area contributed by atoms with E-state index in [2.05, 4.69) is 34.1 Å². The molecule has 6 nitrogen and oxygen atoms in total. The van der Waals surface area contributed by atoms with Crippen LogP contribution in [0.25, 0.3) is 5.69 Å². The molecule has 2 aromatic heterocycles. The Bertz CT molecular complexity index is 849. The number of aromatic nitrogens is 4. The SMILES string of the molecule is Cc1cccc(-n2cc(CN(C)C(=O)CSc3ncccn3)cn2)c1. The Morgan fingerprint density at radius 3 is 2.80 bits per heavy atom. The van der Waals surface area contributed by atoms with Gasteiger partial charge in [-0.15, -0.1) is 0 Å². The van der Waals surface area contributed by atoms with Gasteiger partial charge < -0.3 is 4.90 Å². The average molecular weight is 353 g/mol. The number of nitrogens with zero attached hydrogens (tertiary/aromatic N) is 5. The zero-order valence-electron chi connectivity index (χ0n) is 14.2. The highest BCUT2D eigenvalue weighted by Crippen LogP contribution is 2.14. The highest BCUT2D eigenvalue weighted by Gasteiger charge is 2.12. The van der Waals surface area contributed by atoms with E-state index in [0.29, 0.717) is 17.5 Å². The average Bonchev–Trinajstić information content (AvgIpc) is 3.09. The summed E-state index contributed by atoms with van der Waals surface area (Å²) >= 11 is 1.34. The molecule has 0 bridgehead atoms. The molecule has 3 rings (SSSR count). The van der Waals surface area contributed by atoms with Crippen molar-refractivity contribution in [3.8, 4) is 5.69 Å². The van der Waals surface area contributed by atoms with Gasteiger partial charge in [0, 0.05) is 37.7 Å². The molecular formula is C18H19N5OS. The highest BCUT2D eigenvalue weighted by molar-refractivity contribution is 7.99. The van der Waals surface area contributed by atoms with Gasteiger partial charge in [-0.2, -0.15) is 5.10 Å². The molecule has 3 aromatic rings. The van der Waals surface area contributed by atoms with E-state index in [1.54, 1.807) is 36.6 Å². The molecule has 0 aliphatic carbocycles. The molecule has 1 aromatic carbocycles. The fourth-order valence-electron chi connectivity index (χ4n) is 2.31. The van der Waals surface area contributed by atoms with E-state index in [0.717, 1.165) is 11.3 Å². The van der Waals surface area contributed by atoms with Crippen LogP contribution in [0.4, 0.5) is 0 Å². The maximum Gasteiger partial charge on any atom is 0.233 e. The summed E-state index contributed by atoms with van der Waals surface area (Å²) < 4.78 is 1.83. The third-order valence-corrected chi connectivity index (χ3v) is 4.47. The lowest BCUT2D eigenvalue weighted by Gasteiger charge is -2.15. The van der Waals surface area contributed by atoms with Gasteiger partial charge in [-0.25, -0.2) is 14.6 Å². The second kappa shape index (κ2) is 7.94. The summed E-state index contributed by atoms with van der Waals surface area (Å²) in [6, 6.07) is 9.89. The molecule has 0 aliphatic heterocycles. The summed E-state index contributed by atoms with van der Waals surface area (Å²) in [5.41, 5.74) is 3.18. The van der Waals surface area contributed by atoms with E-state index in [1.165, 1.54) is 17.3 Å². The van der Waals surface area contributed by atoms with Gasteiger partial charge in [0.1, 0.15) is 0 Å². The number of aryl methyl sites for hydroxylation is 1. The maximum atomic E-state index is 12.3. The number of hydrogen-bond acceptors (Lipinski definition) is 5. The zero-order chi connectivity index (χ0) is 17.6. The van der Waals surface area contributed by atoms with Gasteiger partial charge in [0.15, 0.2) is 5.16 Å². The molecule has 0 saturated heterocycles. The van der Waals surface area contributed by atoms with Crippen molar-refractivity contribution in [1.82, 2.24) is 24.6 Å². The first-order valence-electron chi connectivity index (χ1n) is 7.86. The van der Waals surface area contributed by atoms with Crippen LogP contribution >= 0.6 is 11.8 Å². The summed E-state index contributed by atoms with van der Waals surface area (Å²) in [6.07, 6.45) is 7.08. The second-order valence-corrected chi connectivity index (χ2v) is 6.64. The van der Waals surface area contributed by atoms with E-state index >= 15 is 0 Å². The standard InChI is InChI=1S/C18H19N5OS/c1-14-5-3-6-16(9-14)23-12-15(10-21-23)11-22(2)17(24)13-25-18-19-7-4-8-20-18/h3-10,12H,11,13H2,1-2H3. The van der Waals surface area contributed by atoms with Gasteiger partial charge in [-0.3, -0.25) is 4.79 Å². The Labute approximate surface area is 150 Å². The maximum absolute atomic E-state index is 12.3. The molecule has 0 unspecified atom stereocenters. The fraction of sp³-hybridized carbons (Fsp3) is 0.222. The third-order valence-electron chi connectivity index (χ3n) is 3.61. The number of hydrogen-bond donors (Lipinski definition) is 0. The van der Waals surface area contributed by atoms with Gasteiger partial charge in [-0.1, -0.05) is 23.9 Å². The Morgan fingerprint density at radius 1 is 1.24 bits per heavy atom. The van der Waals surface area contributed by atoms with E-state index in [9.17, 15) is 4.79 Å². The minimum absolute atomic E-state index is 0.0285. The Hall–Kier alpha value is -2.67. The summed E-state index contributed by atoms with van der Waals surface area (Å²) in [5, 5.41) is 4.99. The quantitative estimate of drug-likeness (QED) is 0.504. The van der Waals surface area contributed by atoms with Crippen molar-refractivity contribution in [2.75, 3.05) is 12.8 Å². The molecule has 0 fully saturated rings. The van der Waals surface area contributed by atoms with Crippen molar-refractivity contribution in [3.63, 3.8) is 0 Å². The second-order valence-electron chi connectivity index (χ2n) is 5.70. The van der Waals surface area contributed by atoms with Crippen LogP contribution in [-0.4, -0.2) is 43.4 Å². The number of carbonyl (C=O) groups is 1. The third kappa shape index (κ3) is 4.67. The first-order valence-corrected chi connectivity index (χ1v) is 8.85. The van der Waals surface area contributed by atoms with Crippen LogP contribution < -0.4 is 0 Å². The highest BCUT2D eigenvalue weighted by atomic mass is 32.2. The molecule has 0 radical (unpaired) electrons. The molecule has 1 amide bonds. The van der Waals surface area contributed by atoms with Crippen molar-refractivity contribution < 1.29 is 4.79 Å². The zero-order valence-corrected chi connectivity index (χ0v) is 15.0. The van der Waals surface area contributed by atoms with Crippen molar-refractivity contribution in [1.29, 1.82) is 0 Å². The Kier molecular flexibility index (Phi) is 5.45. The van der Waals surface area contributed by atoms with Crippen molar-refractivity contribution in [2.45, 2.75) is 18.6 Å². The number of thioether (sulfide) groups is 1. The van der Waals surface area contributed by atoms with E-state index in [-0.39, 0.29) is 5.91 Å². The van der Waals surface area contributed by atoms with Crippen LogP contribution in [0.5, 0.6) is 0 Å². The van der Waals surface area contributed by atoms with Gasteiger partial charge >= 0.3 is 0 Å². The summed E-state index contributed by atoms with van der Waals surface area (Å²) in [7, 11) is 1.79. The molecule has 128 valence electrons. The normalized spacial score (nSPS) is 10.6. The van der Waals surface area contributed by atoms with Crippen molar-refractivity contribution in [3.05, 3.63) is 66.2 Å². The monoisotopic (exact) mass is 353 g/mol. The summed E-state index contributed by atoms with van der Waals surface area (Å²) in [4.78, 5) is 22.2. The molecular weight excluding hydrogens is 334 g/mol. The topological polar surface area (TPSA) is 63.9 Å². The van der Waals surface area contributed by atoms with Gasteiger partial charge in [0.2, 0.25) is 5.91 Å². The minimum Gasteiger partial charge on any atom is -0.341 e. The molecule has 2 heterocycles. The fourth-order valence-corrected chi connectivity index (χ4v) is 3.06. The first kappa shape index (κ1) is 17.2. The summed E-state index contributed by atoms with van der Waals surface area (Å²) in [5.74, 6) is 0.341. The largest absolute Gasteiger partial charge is 0.341 e. The lowest BCUT2D eigenvalue weighted by atomic mass is 10.2. The van der Waals surface area contributed by atoms with Crippen molar-refractivity contribution >= 4 is 17.7 Å². The van der Waals surface area contributed by atoms with E-state index in [1.807, 2.05) is 23.0 Å². The van der Waals surface area contributed by atoms with Crippen LogP contribution in [0.1, 0.15) is 11.1 Å². The van der Waals surface area contributed by atoms with Crippen LogP contribution in [0.2, 0.25) is 0 Å². The molecule has 0 saturated carbocycles. The molecule has 7 heteroatoms. The van der Waals surface area contributed by atoms with Crippen LogP contribution in [0.3, 0.4) is 0 Å². The molecule has 25 heavy (non-hydrogen) atoms. The molecule has 0 aliphatic rings. The van der Waals surface area contributed by atoms with E-state index < -0.39 is 0 Å². The number of benzene rings is 1. The molecule has 0 N–H and O–H groups in total. The van der Waals surface area contributed by atoms with Crippen molar-refractivity contribution in [2.24, 2.45) is 0 Å².